The summed E-state index contributed by atoms with van der Waals surface area (Å²) in [6, 6.07) is 7.95. The second-order valence-electron chi connectivity index (χ2n) is 6.69. The van der Waals surface area contributed by atoms with Crippen LogP contribution in [0.15, 0.2) is 29.3 Å². The highest BCUT2D eigenvalue weighted by Gasteiger charge is 2.23. The zero-order valence-electron chi connectivity index (χ0n) is 15.4. The number of aliphatic imine (C=N–C) groups is 1. The normalized spacial score (nSPS) is 21.7. The van der Waals surface area contributed by atoms with E-state index in [1.165, 1.54) is 6.42 Å². The number of likely N-dealkylation sites (tertiary alicyclic amines) is 1. The molecule has 1 heterocycles. The van der Waals surface area contributed by atoms with Crippen molar-refractivity contribution in [2.45, 2.75) is 26.9 Å². The quantitative estimate of drug-likeness (QED) is 0.494. The smallest absolute Gasteiger partial charge is 0.193 e. The molecule has 1 aromatic rings. The minimum atomic E-state index is 0.558. The molecular formula is C19H31N3O2. The number of nitrogens with zero attached hydrogens (tertiary/aromatic N) is 2. The number of hydrogen-bond donors (Lipinski definition) is 1. The lowest BCUT2D eigenvalue weighted by Crippen LogP contribution is -2.49. The van der Waals surface area contributed by atoms with Crippen molar-refractivity contribution in [1.82, 2.24) is 10.2 Å². The Hall–Kier alpha value is -1.75. The topological polar surface area (TPSA) is 46.1 Å². The van der Waals surface area contributed by atoms with E-state index in [9.17, 15) is 0 Å². The fourth-order valence-electron chi connectivity index (χ4n) is 3.41. The lowest BCUT2D eigenvalue weighted by Gasteiger charge is -2.37. The second-order valence-corrected chi connectivity index (χ2v) is 6.69. The fourth-order valence-corrected chi connectivity index (χ4v) is 3.41. The van der Waals surface area contributed by atoms with Crippen molar-refractivity contribution in [2.24, 2.45) is 16.8 Å². The van der Waals surface area contributed by atoms with Crippen LogP contribution < -0.4 is 10.1 Å². The molecule has 1 fully saturated rings. The Morgan fingerprint density at radius 2 is 1.96 bits per heavy atom. The third-order valence-corrected chi connectivity index (χ3v) is 4.36. The highest BCUT2D eigenvalue weighted by molar-refractivity contribution is 5.80. The van der Waals surface area contributed by atoms with Crippen molar-refractivity contribution in [3.8, 4) is 5.75 Å². The van der Waals surface area contributed by atoms with E-state index >= 15 is 0 Å². The molecule has 5 heteroatoms. The van der Waals surface area contributed by atoms with Crippen LogP contribution in [0.25, 0.3) is 0 Å². The van der Waals surface area contributed by atoms with Crippen LogP contribution in [-0.2, 0) is 11.3 Å². The van der Waals surface area contributed by atoms with Crippen molar-refractivity contribution in [3.05, 3.63) is 29.8 Å². The first-order valence-electron chi connectivity index (χ1n) is 8.79. The minimum Gasteiger partial charge on any atom is -0.496 e. The van der Waals surface area contributed by atoms with Gasteiger partial charge in [-0.15, -0.1) is 0 Å². The molecule has 5 nitrogen and oxygen atoms in total. The SMILES string of the molecule is CN=C(NCCOCc1ccccc1OC)N1CC(C)CC(C)C1. The molecule has 0 spiro atoms. The number of para-hydroxylation sites is 1. The molecule has 1 N–H and O–H groups in total. The standard InChI is InChI=1S/C19H31N3O2/c1-15-11-16(2)13-22(12-15)19(20-3)21-9-10-24-14-17-7-5-6-8-18(17)23-4/h5-8,15-16H,9-14H2,1-4H3,(H,20,21). The predicted molar refractivity (Wildman–Crippen MR) is 98.5 cm³/mol. The van der Waals surface area contributed by atoms with E-state index < -0.39 is 0 Å². The maximum atomic E-state index is 5.77. The van der Waals surface area contributed by atoms with Crippen molar-refractivity contribution in [2.75, 3.05) is 40.4 Å². The number of methoxy groups -OCH3 is 1. The molecule has 2 unspecified atom stereocenters. The van der Waals surface area contributed by atoms with Gasteiger partial charge in [0.05, 0.1) is 20.3 Å². The van der Waals surface area contributed by atoms with E-state index in [4.69, 9.17) is 9.47 Å². The van der Waals surface area contributed by atoms with Gasteiger partial charge in [0.15, 0.2) is 5.96 Å². The van der Waals surface area contributed by atoms with Crippen molar-refractivity contribution in [1.29, 1.82) is 0 Å². The third-order valence-electron chi connectivity index (χ3n) is 4.36. The highest BCUT2D eigenvalue weighted by Crippen LogP contribution is 2.21. The van der Waals surface area contributed by atoms with Crippen LogP contribution in [0.3, 0.4) is 0 Å². The molecule has 2 atom stereocenters. The third kappa shape index (κ3) is 5.41. The van der Waals surface area contributed by atoms with Gasteiger partial charge in [-0.2, -0.15) is 0 Å². The summed E-state index contributed by atoms with van der Waals surface area (Å²) in [6.07, 6.45) is 1.30. The summed E-state index contributed by atoms with van der Waals surface area (Å²) < 4.78 is 11.1. The number of piperidine rings is 1. The van der Waals surface area contributed by atoms with Crippen LogP contribution in [0.2, 0.25) is 0 Å². The monoisotopic (exact) mass is 333 g/mol. The maximum Gasteiger partial charge on any atom is 0.193 e. The Morgan fingerprint density at radius 3 is 2.62 bits per heavy atom. The molecular weight excluding hydrogens is 302 g/mol. The number of nitrogens with one attached hydrogen (secondary N) is 1. The van der Waals surface area contributed by atoms with E-state index in [-0.39, 0.29) is 0 Å². The summed E-state index contributed by atoms with van der Waals surface area (Å²) in [6.45, 7) is 8.72. The first-order valence-corrected chi connectivity index (χ1v) is 8.79. The zero-order chi connectivity index (χ0) is 17.4. The van der Waals surface area contributed by atoms with Gasteiger partial charge in [0.1, 0.15) is 5.75 Å². The molecule has 1 aliphatic rings. The Labute approximate surface area is 146 Å². The van der Waals surface area contributed by atoms with Crippen molar-refractivity contribution >= 4 is 5.96 Å². The second kappa shape index (κ2) is 9.52. The summed E-state index contributed by atoms with van der Waals surface area (Å²) in [5.41, 5.74) is 1.07. The summed E-state index contributed by atoms with van der Waals surface area (Å²) in [5, 5.41) is 3.41. The fraction of sp³-hybridized carbons (Fsp3) is 0.632. The Bertz CT molecular complexity index is 523. The Kier molecular flexibility index (Phi) is 7.37. The van der Waals surface area contributed by atoms with Gasteiger partial charge in [-0.25, -0.2) is 0 Å². The molecule has 0 aliphatic carbocycles. The van der Waals surface area contributed by atoms with Crippen LogP contribution >= 0.6 is 0 Å². The average Bonchev–Trinajstić information content (AvgIpc) is 2.57. The van der Waals surface area contributed by atoms with Gasteiger partial charge in [-0.3, -0.25) is 4.99 Å². The highest BCUT2D eigenvalue weighted by atomic mass is 16.5. The summed E-state index contributed by atoms with van der Waals surface area (Å²) in [4.78, 5) is 6.78. The molecule has 0 bridgehead atoms. The van der Waals surface area contributed by atoms with E-state index in [1.807, 2.05) is 31.3 Å². The van der Waals surface area contributed by atoms with Gasteiger partial charge < -0.3 is 19.7 Å². The van der Waals surface area contributed by atoms with E-state index in [0.717, 1.165) is 36.9 Å². The molecule has 0 radical (unpaired) electrons. The first-order chi connectivity index (χ1) is 11.6. The van der Waals surface area contributed by atoms with Crippen LogP contribution in [0.1, 0.15) is 25.8 Å². The Morgan fingerprint density at radius 1 is 1.25 bits per heavy atom. The lowest BCUT2D eigenvalue weighted by atomic mass is 9.92. The summed E-state index contributed by atoms with van der Waals surface area (Å²) in [7, 11) is 3.53. The average molecular weight is 333 g/mol. The maximum absolute atomic E-state index is 5.77. The molecule has 0 saturated carbocycles. The molecule has 2 rings (SSSR count). The molecule has 0 amide bonds. The van der Waals surface area contributed by atoms with Crippen LogP contribution in [0.4, 0.5) is 0 Å². The number of benzene rings is 1. The molecule has 1 saturated heterocycles. The van der Waals surface area contributed by atoms with Gasteiger partial charge in [0.2, 0.25) is 0 Å². The van der Waals surface area contributed by atoms with E-state index in [2.05, 4.69) is 29.1 Å². The molecule has 1 aliphatic heterocycles. The van der Waals surface area contributed by atoms with Gasteiger partial charge >= 0.3 is 0 Å². The number of ether oxygens (including phenoxy) is 2. The van der Waals surface area contributed by atoms with Crippen molar-refractivity contribution in [3.63, 3.8) is 0 Å². The van der Waals surface area contributed by atoms with Crippen LogP contribution in [0, 0.1) is 11.8 Å². The van der Waals surface area contributed by atoms with Crippen LogP contribution in [0.5, 0.6) is 5.75 Å². The summed E-state index contributed by atoms with van der Waals surface area (Å²) in [5.74, 6) is 3.29. The largest absolute Gasteiger partial charge is 0.496 e. The van der Waals surface area contributed by atoms with Crippen LogP contribution in [-0.4, -0.2) is 51.3 Å². The van der Waals surface area contributed by atoms with E-state index in [0.29, 0.717) is 25.0 Å². The molecule has 24 heavy (non-hydrogen) atoms. The molecule has 0 aromatic heterocycles. The first kappa shape index (κ1) is 18.6. The Balaban J connectivity index is 1.72. The van der Waals surface area contributed by atoms with Gasteiger partial charge in [0.25, 0.3) is 0 Å². The lowest BCUT2D eigenvalue weighted by molar-refractivity contribution is 0.122. The summed E-state index contributed by atoms with van der Waals surface area (Å²) >= 11 is 0. The van der Waals surface area contributed by atoms with Gasteiger partial charge in [0, 0.05) is 32.2 Å². The minimum absolute atomic E-state index is 0.558. The van der Waals surface area contributed by atoms with E-state index in [1.54, 1.807) is 7.11 Å². The van der Waals surface area contributed by atoms with Gasteiger partial charge in [-0.1, -0.05) is 32.0 Å². The molecule has 134 valence electrons. The zero-order valence-corrected chi connectivity index (χ0v) is 15.4. The van der Waals surface area contributed by atoms with Gasteiger partial charge in [-0.05, 0) is 24.3 Å². The number of guanidine groups is 1. The number of hydrogen-bond acceptors (Lipinski definition) is 3. The molecule has 1 aromatic carbocycles. The predicted octanol–water partition coefficient (Wildman–Crippen LogP) is 2.77. The number of rotatable bonds is 6. The van der Waals surface area contributed by atoms with Crippen molar-refractivity contribution < 1.29 is 9.47 Å².